The van der Waals surface area contributed by atoms with E-state index >= 15 is 0 Å². The van der Waals surface area contributed by atoms with Gasteiger partial charge in [0.05, 0.1) is 29.9 Å². The van der Waals surface area contributed by atoms with Crippen LogP contribution in [0, 0.1) is 5.92 Å². The lowest BCUT2D eigenvalue weighted by atomic mass is 9.95. The van der Waals surface area contributed by atoms with E-state index in [1.807, 2.05) is 13.0 Å². The first-order valence-corrected chi connectivity index (χ1v) is 12.2. The molecule has 0 aliphatic carbocycles. The number of aromatic nitrogens is 1. The molecule has 0 saturated carbocycles. The summed E-state index contributed by atoms with van der Waals surface area (Å²) in [5.41, 5.74) is 3.06. The van der Waals surface area contributed by atoms with Gasteiger partial charge in [-0.1, -0.05) is 50.0 Å². The summed E-state index contributed by atoms with van der Waals surface area (Å²) >= 11 is 12.2. The molecule has 0 bridgehead atoms. The summed E-state index contributed by atoms with van der Waals surface area (Å²) in [6.07, 6.45) is 2.28. The van der Waals surface area contributed by atoms with E-state index in [0.29, 0.717) is 29.2 Å². The highest BCUT2D eigenvalue weighted by molar-refractivity contribution is 6.41. The lowest BCUT2D eigenvalue weighted by molar-refractivity contribution is -0.140. The molecule has 33 heavy (non-hydrogen) atoms. The van der Waals surface area contributed by atoms with Gasteiger partial charge in [0, 0.05) is 25.8 Å². The maximum atomic E-state index is 11.8. The third kappa shape index (κ3) is 6.98. The molecule has 1 atom stereocenters. The van der Waals surface area contributed by atoms with Gasteiger partial charge < -0.3 is 19.7 Å². The Bertz CT molecular complexity index is 948. The Labute approximate surface area is 206 Å². The van der Waals surface area contributed by atoms with Crippen molar-refractivity contribution in [3.05, 3.63) is 46.1 Å². The number of anilines is 3. The van der Waals surface area contributed by atoms with Gasteiger partial charge in [0.15, 0.2) is 0 Å². The zero-order valence-electron chi connectivity index (χ0n) is 19.7. The Morgan fingerprint density at radius 3 is 2.58 bits per heavy atom. The van der Waals surface area contributed by atoms with E-state index in [1.54, 1.807) is 6.07 Å². The molecule has 1 aromatic heterocycles. The second-order valence-corrected chi connectivity index (χ2v) is 9.71. The number of benzene rings is 1. The monoisotopic (exact) mass is 493 g/mol. The maximum absolute atomic E-state index is 11.8. The summed E-state index contributed by atoms with van der Waals surface area (Å²) < 4.78 is 10.5. The van der Waals surface area contributed by atoms with E-state index in [2.05, 4.69) is 47.2 Å². The number of esters is 1. The van der Waals surface area contributed by atoms with Gasteiger partial charge in [0.1, 0.15) is 11.0 Å². The number of halogens is 2. The fraction of sp³-hybridized carbons (Fsp3) is 0.520. The standard InChI is InChI=1S/C25H33Cl2N3O3/c1-16(2)15-30(19-9-11-33-12-10-19)22-7-5-18(17(3)13-24(31)32-4)14-21(22)28-23-8-6-20(26)25(27)29-23/h5-8,14,16-17,19H,9-13,15H2,1-4H3,(H,28,29)/t17-/m1/s1. The fourth-order valence-electron chi connectivity index (χ4n) is 4.12. The minimum atomic E-state index is -0.226. The average molecular weight is 494 g/mol. The molecule has 2 heterocycles. The maximum Gasteiger partial charge on any atom is 0.306 e. The summed E-state index contributed by atoms with van der Waals surface area (Å²) in [7, 11) is 1.42. The van der Waals surface area contributed by atoms with Crippen LogP contribution in [0.3, 0.4) is 0 Å². The Morgan fingerprint density at radius 1 is 1.21 bits per heavy atom. The molecule has 1 aromatic carbocycles. The molecular weight excluding hydrogens is 461 g/mol. The van der Waals surface area contributed by atoms with Crippen LogP contribution in [0.2, 0.25) is 10.2 Å². The van der Waals surface area contributed by atoms with Crippen molar-refractivity contribution < 1.29 is 14.3 Å². The number of hydrogen-bond donors (Lipinski definition) is 1. The van der Waals surface area contributed by atoms with Gasteiger partial charge in [0.2, 0.25) is 0 Å². The Kier molecular flexibility index (Phi) is 9.24. The van der Waals surface area contributed by atoms with Crippen molar-refractivity contribution in [1.29, 1.82) is 0 Å². The highest BCUT2D eigenvalue weighted by Gasteiger charge is 2.25. The summed E-state index contributed by atoms with van der Waals surface area (Å²) in [4.78, 5) is 18.7. The highest BCUT2D eigenvalue weighted by atomic mass is 35.5. The lowest BCUT2D eigenvalue weighted by Gasteiger charge is -2.38. The number of nitrogens with zero attached hydrogens (tertiary/aromatic N) is 2. The molecule has 6 nitrogen and oxygen atoms in total. The highest BCUT2D eigenvalue weighted by Crippen LogP contribution is 2.36. The molecule has 180 valence electrons. The molecule has 1 aliphatic rings. The van der Waals surface area contributed by atoms with Crippen molar-refractivity contribution in [2.24, 2.45) is 5.92 Å². The number of ether oxygens (including phenoxy) is 2. The number of nitrogens with one attached hydrogen (secondary N) is 1. The summed E-state index contributed by atoms with van der Waals surface area (Å²) in [6.45, 7) is 8.94. The molecule has 0 radical (unpaired) electrons. The van der Waals surface area contributed by atoms with Gasteiger partial charge in [-0.15, -0.1) is 0 Å². The molecule has 2 aromatic rings. The van der Waals surface area contributed by atoms with Crippen LogP contribution in [-0.2, 0) is 14.3 Å². The van der Waals surface area contributed by atoms with Crippen LogP contribution in [0.5, 0.6) is 0 Å². The summed E-state index contributed by atoms with van der Waals surface area (Å²) in [5.74, 6) is 0.882. The number of rotatable bonds is 9. The van der Waals surface area contributed by atoms with E-state index < -0.39 is 0 Å². The molecule has 0 amide bonds. The number of carbonyl (C=O) groups excluding carboxylic acids is 1. The predicted octanol–water partition coefficient (Wildman–Crippen LogP) is 6.44. The first kappa shape index (κ1) is 25.6. The van der Waals surface area contributed by atoms with Crippen molar-refractivity contribution in [3.63, 3.8) is 0 Å². The largest absolute Gasteiger partial charge is 0.469 e. The number of hydrogen-bond acceptors (Lipinski definition) is 6. The van der Waals surface area contributed by atoms with Gasteiger partial charge in [0.25, 0.3) is 0 Å². The van der Waals surface area contributed by atoms with Crippen molar-refractivity contribution in [1.82, 2.24) is 4.98 Å². The SMILES string of the molecule is COC(=O)C[C@@H](C)c1ccc(N(CC(C)C)C2CCOCC2)c(Nc2ccc(Cl)c(Cl)n2)c1. The second kappa shape index (κ2) is 11.9. The van der Waals surface area contributed by atoms with E-state index in [1.165, 1.54) is 7.11 Å². The van der Waals surface area contributed by atoms with Crippen LogP contribution in [0.15, 0.2) is 30.3 Å². The van der Waals surface area contributed by atoms with E-state index in [9.17, 15) is 4.79 Å². The van der Waals surface area contributed by atoms with Crippen LogP contribution >= 0.6 is 23.2 Å². The second-order valence-electron chi connectivity index (χ2n) is 8.94. The van der Waals surface area contributed by atoms with Crippen molar-refractivity contribution in [2.75, 3.05) is 37.1 Å². The summed E-state index contributed by atoms with van der Waals surface area (Å²) in [6, 6.07) is 10.3. The molecule has 1 aliphatic heterocycles. The third-order valence-electron chi connectivity index (χ3n) is 5.86. The Hall–Kier alpha value is -2.02. The number of carbonyl (C=O) groups is 1. The first-order valence-electron chi connectivity index (χ1n) is 11.4. The first-order chi connectivity index (χ1) is 15.8. The van der Waals surface area contributed by atoms with Crippen LogP contribution in [0.1, 0.15) is 51.5 Å². The van der Waals surface area contributed by atoms with E-state index in [0.717, 1.165) is 49.5 Å². The summed E-state index contributed by atoms with van der Waals surface area (Å²) in [5, 5.41) is 4.11. The fourth-order valence-corrected chi connectivity index (χ4v) is 4.38. The molecule has 1 saturated heterocycles. The molecular formula is C25H33Cl2N3O3. The van der Waals surface area contributed by atoms with E-state index in [4.69, 9.17) is 32.7 Å². The minimum absolute atomic E-state index is 0.00967. The van der Waals surface area contributed by atoms with Crippen molar-refractivity contribution in [2.45, 2.75) is 52.0 Å². The van der Waals surface area contributed by atoms with Gasteiger partial charge in [-0.3, -0.25) is 4.79 Å². The van der Waals surface area contributed by atoms with Gasteiger partial charge >= 0.3 is 5.97 Å². The number of pyridine rings is 1. The van der Waals surface area contributed by atoms with Gasteiger partial charge in [-0.05, 0) is 54.5 Å². The third-order valence-corrected chi connectivity index (χ3v) is 6.55. The van der Waals surface area contributed by atoms with Gasteiger partial charge in [-0.25, -0.2) is 4.98 Å². The average Bonchev–Trinajstić information content (AvgIpc) is 2.80. The molecule has 0 spiro atoms. The molecule has 8 heteroatoms. The molecule has 1 fully saturated rings. The quantitative estimate of drug-likeness (QED) is 0.320. The number of methoxy groups -OCH3 is 1. The normalized spacial score (nSPS) is 15.4. The zero-order valence-corrected chi connectivity index (χ0v) is 21.2. The lowest BCUT2D eigenvalue weighted by Crippen LogP contribution is -2.42. The molecule has 3 rings (SSSR count). The van der Waals surface area contributed by atoms with E-state index in [-0.39, 0.29) is 17.0 Å². The van der Waals surface area contributed by atoms with Crippen LogP contribution in [-0.4, -0.2) is 43.9 Å². The van der Waals surface area contributed by atoms with Crippen molar-refractivity contribution >= 4 is 46.4 Å². The van der Waals surface area contributed by atoms with Crippen LogP contribution in [0.4, 0.5) is 17.2 Å². The molecule has 1 N–H and O–H groups in total. The van der Waals surface area contributed by atoms with Crippen molar-refractivity contribution in [3.8, 4) is 0 Å². The minimum Gasteiger partial charge on any atom is -0.469 e. The van der Waals surface area contributed by atoms with Crippen LogP contribution in [0.25, 0.3) is 0 Å². The predicted molar refractivity (Wildman–Crippen MR) is 135 cm³/mol. The zero-order chi connectivity index (χ0) is 24.0. The van der Waals surface area contributed by atoms with Crippen LogP contribution < -0.4 is 10.2 Å². The van der Waals surface area contributed by atoms with Gasteiger partial charge in [-0.2, -0.15) is 0 Å². The molecule has 0 unspecified atom stereocenters. The Balaban J connectivity index is 2.01. The topological polar surface area (TPSA) is 63.7 Å². The Morgan fingerprint density at radius 2 is 1.94 bits per heavy atom. The smallest absolute Gasteiger partial charge is 0.306 e.